The van der Waals surface area contributed by atoms with Gasteiger partial charge in [0.05, 0.1) is 5.56 Å². The van der Waals surface area contributed by atoms with Crippen LogP contribution in [0.4, 0.5) is 17.6 Å². The normalized spacial score (nSPS) is 17.1. The number of carbonyl (C=O) groups excluding carboxylic acids is 1. The van der Waals surface area contributed by atoms with Crippen LogP contribution in [-0.2, 0) is 0 Å². The minimum atomic E-state index is -1.09. The molecule has 30 heavy (non-hydrogen) atoms. The molecule has 1 saturated heterocycles. The molecule has 2 aromatic carbocycles. The molecule has 0 aliphatic carbocycles. The summed E-state index contributed by atoms with van der Waals surface area (Å²) in [4.78, 5) is 18.6. The SMILES string of the molecule is O=C(c1ccc(F)c(F)c1)N1CCCCC(c2noc(-c3ccc(F)cc3F)n2)C1. The zero-order chi connectivity index (χ0) is 21.3. The van der Waals surface area contributed by atoms with E-state index in [4.69, 9.17) is 4.52 Å². The summed E-state index contributed by atoms with van der Waals surface area (Å²) in [5.41, 5.74) is 0.0372. The molecular weight excluding hydrogens is 402 g/mol. The van der Waals surface area contributed by atoms with Gasteiger partial charge in [-0.25, -0.2) is 17.6 Å². The molecule has 0 radical (unpaired) electrons. The first-order valence-electron chi connectivity index (χ1n) is 9.45. The van der Waals surface area contributed by atoms with Gasteiger partial charge in [0.2, 0.25) is 0 Å². The van der Waals surface area contributed by atoms with Crippen LogP contribution in [0.25, 0.3) is 11.5 Å². The molecule has 5 nitrogen and oxygen atoms in total. The van der Waals surface area contributed by atoms with Crippen LogP contribution in [0.5, 0.6) is 0 Å². The first-order chi connectivity index (χ1) is 14.4. The third-order valence-electron chi connectivity index (χ3n) is 5.09. The molecule has 9 heteroatoms. The molecule has 3 aromatic rings. The van der Waals surface area contributed by atoms with Gasteiger partial charge in [0, 0.05) is 30.6 Å². The van der Waals surface area contributed by atoms with Gasteiger partial charge in [-0.1, -0.05) is 11.6 Å². The zero-order valence-electron chi connectivity index (χ0n) is 15.7. The molecule has 1 fully saturated rings. The summed E-state index contributed by atoms with van der Waals surface area (Å²) in [6.07, 6.45) is 2.19. The van der Waals surface area contributed by atoms with Crippen molar-refractivity contribution in [3.05, 3.63) is 71.1 Å². The number of benzene rings is 2. The van der Waals surface area contributed by atoms with Gasteiger partial charge in [-0.2, -0.15) is 4.98 Å². The smallest absolute Gasteiger partial charge is 0.260 e. The molecule has 1 aliphatic rings. The molecular formula is C21H17F4N3O2. The van der Waals surface area contributed by atoms with Gasteiger partial charge in [-0.3, -0.25) is 4.79 Å². The molecule has 0 spiro atoms. The predicted molar refractivity (Wildman–Crippen MR) is 98.5 cm³/mol. The molecule has 1 unspecified atom stereocenters. The fourth-order valence-corrected chi connectivity index (χ4v) is 3.52. The second-order valence-corrected chi connectivity index (χ2v) is 7.15. The van der Waals surface area contributed by atoms with Gasteiger partial charge < -0.3 is 9.42 Å². The number of nitrogens with zero attached hydrogens (tertiary/aromatic N) is 3. The van der Waals surface area contributed by atoms with Crippen LogP contribution in [-0.4, -0.2) is 34.0 Å². The second kappa shape index (κ2) is 8.25. The number of hydrogen-bond acceptors (Lipinski definition) is 4. The van der Waals surface area contributed by atoms with Crippen molar-refractivity contribution < 1.29 is 26.9 Å². The van der Waals surface area contributed by atoms with Crippen LogP contribution in [0, 0.1) is 23.3 Å². The third-order valence-corrected chi connectivity index (χ3v) is 5.09. The van der Waals surface area contributed by atoms with Gasteiger partial charge in [0.1, 0.15) is 11.6 Å². The number of rotatable bonds is 3. The van der Waals surface area contributed by atoms with Crippen LogP contribution in [0.1, 0.15) is 41.4 Å². The molecule has 1 amide bonds. The van der Waals surface area contributed by atoms with Gasteiger partial charge in [-0.15, -0.1) is 0 Å². The number of likely N-dealkylation sites (tertiary alicyclic amines) is 1. The fraction of sp³-hybridized carbons (Fsp3) is 0.286. The number of amides is 1. The van der Waals surface area contributed by atoms with Crippen molar-refractivity contribution >= 4 is 5.91 Å². The van der Waals surface area contributed by atoms with E-state index in [2.05, 4.69) is 10.1 Å². The summed E-state index contributed by atoms with van der Waals surface area (Å²) in [5.74, 6) is -4.11. The Bertz CT molecular complexity index is 1090. The van der Waals surface area contributed by atoms with Crippen LogP contribution in [0.2, 0.25) is 0 Å². The van der Waals surface area contributed by atoms with Crippen molar-refractivity contribution in [2.75, 3.05) is 13.1 Å². The average molecular weight is 419 g/mol. The highest BCUT2D eigenvalue weighted by Crippen LogP contribution is 2.29. The van der Waals surface area contributed by atoms with E-state index in [1.165, 1.54) is 12.1 Å². The minimum absolute atomic E-state index is 0.0153. The average Bonchev–Trinajstić information content (AvgIpc) is 3.07. The monoisotopic (exact) mass is 419 g/mol. The maximum absolute atomic E-state index is 14.0. The molecule has 2 heterocycles. The van der Waals surface area contributed by atoms with E-state index in [1.54, 1.807) is 4.90 Å². The molecule has 156 valence electrons. The van der Waals surface area contributed by atoms with Crippen LogP contribution >= 0.6 is 0 Å². The van der Waals surface area contributed by atoms with Crippen molar-refractivity contribution in [3.63, 3.8) is 0 Å². The van der Waals surface area contributed by atoms with Crippen molar-refractivity contribution in [2.24, 2.45) is 0 Å². The zero-order valence-corrected chi connectivity index (χ0v) is 15.7. The summed E-state index contributed by atoms with van der Waals surface area (Å²) < 4.78 is 59.0. The van der Waals surface area contributed by atoms with E-state index in [0.717, 1.165) is 37.1 Å². The minimum Gasteiger partial charge on any atom is -0.338 e. The Labute approximate surface area is 169 Å². The molecule has 0 saturated carbocycles. The van der Waals surface area contributed by atoms with Gasteiger partial charge in [-0.05, 0) is 43.2 Å². The highest BCUT2D eigenvalue weighted by Gasteiger charge is 2.28. The Kier molecular flexibility index (Phi) is 5.52. The Morgan fingerprint density at radius 3 is 2.60 bits per heavy atom. The largest absolute Gasteiger partial charge is 0.338 e. The van der Waals surface area contributed by atoms with Crippen molar-refractivity contribution in [1.82, 2.24) is 15.0 Å². The maximum Gasteiger partial charge on any atom is 0.260 e. The van der Waals surface area contributed by atoms with E-state index in [0.29, 0.717) is 18.8 Å². The van der Waals surface area contributed by atoms with Crippen molar-refractivity contribution in [2.45, 2.75) is 25.2 Å². The van der Waals surface area contributed by atoms with Gasteiger partial charge >= 0.3 is 0 Å². The van der Waals surface area contributed by atoms with Crippen molar-refractivity contribution in [3.8, 4) is 11.5 Å². The molecule has 4 rings (SSSR count). The Balaban J connectivity index is 1.55. The third kappa shape index (κ3) is 4.05. The van der Waals surface area contributed by atoms with Crippen LogP contribution < -0.4 is 0 Å². The van der Waals surface area contributed by atoms with Crippen molar-refractivity contribution in [1.29, 1.82) is 0 Å². The predicted octanol–water partition coefficient (Wildman–Crippen LogP) is 4.70. The number of hydrogen-bond donors (Lipinski definition) is 0. The van der Waals surface area contributed by atoms with Gasteiger partial charge in [0.15, 0.2) is 17.5 Å². The number of carbonyl (C=O) groups is 1. The van der Waals surface area contributed by atoms with E-state index in [-0.39, 0.29) is 29.5 Å². The number of halogens is 4. The van der Waals surface area contributed by atoms with E-state index in [1.807, 2.05) is 0 Å². The van der Waals surface area contributed by atoms with E-state index in [9.17, 15) is 22.4 Å². The standard InChI is InChI=1S/C21H17F4N3O2/c22-14-5-6-15(17(24)10-14)20-26-19(27-30-20)13-3-1-2-8-28(11-13)21(29)12-4-7-16(23)18(25)9-12/h4-7,9-10,13H,1-3,8,11H2. The number of aromatic nitrogens is 2. The lowest BCUT2D eigenvalue weighted by Crippen LogP contribution is -2.34. The molecule has 0 N–H and O–H groups in total. The summed E-state index contributed by atoms with van der Waals surface area (Å²) >= 11 is 0. The first kappa shape index (κ1) is 20.1. The molecule has 1 aromatic heterocycles. The maximum atomic E-state index is 14.0. The lowest BCUT2D eigenvalue weighted by molar-refractivity contribution is 0.0752. The van der Waals surface area contributed by atoms with Crippen LogP contribution in [0.3, 0.4) is 0 Å². The summed E-state index contributed by atoms with van der Waals surface area (Å²) in [6, 6.07) is 6.07. The lowest BCUT2D eigenvalue weighted by atomic mass is 10.0. The van der Waals surface area contributed by atoms with E-state index < -0.39 is 29.2 Å². The fourth-order valence-electron chi connectivity index (χ4n) is 3.52. The summed E-state index contributed by atoms with van der Waals surface area (Å²) in [5, 5.41) is 3.92. The topological polar surface area (TPSA) is 59.2 Å². The lowest BCUT2D eigenvalue weighted by Gasteiger charge is -2.23. The second-order valence-electron chi connectivity index (χ2n) is 7.15. The molecule has 1 atom stereocenters. The Morgan fingerprint density at radius 1 is 1.00 bits per heavy atom. The van der Waals surface area contributed by atoms with E-state index >= 15 is 0 Å². The Hall–Kier alpha value is -3.23. The van der Waals surface area contributed by atoms with Crippen LogP contribution in [0.15, 0.2) is 40.9 Å². The quantitative estimate of drug-likeness (QED) is 0.578. The highest BCUT2D eigenvalue weighted by atomic mass is 19.2. The molecule has 0 bridgehead atoms. The summed E-state index contributed by atoms with van der Waals surface area (Å²) in [6.45, 7) is 0.703. The summed E-state index contributed by atoms with van der Waals surface area (Å²) in [7, 11) is 0. The molecule has 1 aliphatic heterocycles. The first-order valence-corrected chi connectivity index (χ1v) is 9.45. The Morgan fingerprint density at radius 2 is 1.83 bits per heavy atom. The highest BCUT2D eigenvalue weighted by molar-refractivity contribution is 5.94. The van der Waals surface area contributed by atoms with Gasteiger partial charge in [0.25, 0.3) is 11.8 Å².